The average molecular weight is 725 g/mol. The van der Waals surface area contributed by atoms with Gasteiger partial charge in [0.25, 0.3) is 15.4 Å². The number of aliphatic imine (C=N–C) groups is 2. The number of aromatic amines is 2. The molecular formula is C32H14AlClF8N8. The molecule has 2 radical (unpaired) electrons. The Balaban J connectivity index is 0.00000177. The molecule has 3 N–H and O–H groups in total. The van der Waals surface area contributed by atoms with Gasteiger partial charge >= 0.3 is 11.8 Å². The molecule has 0 saturated heterocycles. The van der Waals surface area contributed by atoms with Crippen LogP contribution < -0.4 is 21.4 Å². The van der Waals surface area contributed by atoms with E-state index in [1.165, 1.54) is 12.1 Å². The number of hydrogen-bond donors (Lipinski definition) is 3. The maximum Gasteiger partial charge on any atom is 0.334 e. The first kappa shape index (κ1) is 32.0. The smallest absolute Gasteiger partial charge is 0.324 e. The lowest BCUT2D eigenvalue weighted by Gasteiger charge is -2.25. The lowest BCUT2D eigenvalue weighted by molar-refractivity contribution is 0.102. The number of rotatable bonds is 0. The number of fused-ring (bicyclic) bond motifs is 18. The highest BCUT2D eigenvalue weighted by Gasteiger charge is 2.53. The Hall–Kier alpha value is -5.24. The number of alkyl halides is 2. The summed E-state index contributed by atoms with van der Waals surface area (Å²) in [6.07, 6.45) is 0. The van der Waals surface area contributed by atoms with E-state index in [-0.39, 0.29) is 33.6 Å². The average Bonchev–Trinajstić information content (AvgIpc) is 3.79. The van der Waals surface area contributed by atoms with Crippen molar-refractivity contribution >= 4 is 70.3 Å². The molecule has 50 heavy (non-hydrogen) atoms. The lowest BCUT2D eigenvalue weighted by atomic mass is 10.0. The minimum atomic E-state index is -3.78. The molecular weight excluding hydrogens is 711 g/mol. The van der Waals surface area contributed by atoms with E-state index in [0.717, 1.165) is 6.07 Å². The zero-order valence-corrected chi connectivity index (χ0v) is 26.5. The fraction of sp³-hybridized carbons (Fsp3) is 0.0625. The Labute approximate surface area is 286 Å². The van der Waals surface area contributed by atoms with Crippen LogP contribution in [0.3, 0.4) is 0 Å². The van der Waals surface area contributed by atoms with Crippen LogP contribution >= 0.6 is 10.0 Å². The highest BCUT2D eigenvalue weighted by molar-refractivity contribution is 6.80. The standard InChI is InChI=1S/C32H14F8N8.Al.ClH/c33-18-7-3-6-14-23(18)31(38)45-28(14)43-26-13-5-2-1-4-12(13)25(41-26)42-27-15-10-20(35)21(36)11-16(15)30(44-27)48(40)32(39)17-8-9-19(34)24(37)22(17)29(46-31)47-32;;/h1-11,44H,(H,46,47)(H,41,42,43,45);;1H/q;+1;/p-1. The Kier molecular flexibility index (Phi) is 7.13. The van der Waals surface area contributed by atoms with Gasteiger partial charge in [-0.3, -0.25) is 10.0 Å². The van der Waals surface area contributed by atoms with E-state index in [2.05, 4.69) is 45.3 Å². The highest BCUT2D eigenvalue weighted by Crippen LogP contribution is 2.48. The number of hydrogen-bond acceptors (Lipinski definition) is 6. The van der Waals surface area contributed by atoms with Crippen molar-refractivity contribution in [3.63, 3.8) is 0 Å². The van der Waals surface area contributed by atoms with Crippen LogP contribution in [0.5, 0.6) is 0 Å². The minimum Gasteiger partial charge on any atom is -0.324 e. The van der Waals surface area contributed by atoms with Crippen LogP contribution in [0.15, 0.2) is 86.7 Å². The van der Waals surface area contributed by atoms with Crippen molar-refractivity contribution in [2.24, 2.45) is 20.0 Å². The van der Waals surface area contributed by atoms with Crippen molar-refractivity contribution in [1.29, 1.82) is 0 Å². The van der Waals surface area contributed by atoms with E-state index in [0.29, 0.717) is 35.0 Å². The number of aromatic nitrogens is 2. The summed E-state index contributed by atoms with van der Waals surface area (Å²) in [5, 5.41) is 1.62. The van der Waals surface area contributed by atoms with Crippen LogP contribution in [0, 0.1) is 29.1 Å². The molecule has 8 bridgehead atoms. The van der Waals surface area contributed by atoms with Gasteiger partial charge in [0.1, 0.15) is 28.4 Å². The second kappa shape index (κ2) is 11.1. The Morgan fingerprint density at radius 1 is 0.700 bits per heavy atom. The summed E-state index contributed by atoms with van der Waals surface area (Å²) < 4.78 is 125. The quantitative estimate of drug-likeness (QED) is 0.0713. The summed E-state index contributed by atoms with van der Waals surface area (Å²) in [6.45, 7) is 0. The summed E-state index contributed by atoms with van der Waals surface area (Å²) in [4.78, 5) is 21.9. The first-order valence-electron chi connectivity index (χ1n) is 14.3. The van der Waals surface area contributed by atoms with Crippen molar-refractivity contribution in [2.45, 2.75) is 11.8 Å². The fourth-order valence-electron chi connectivity index (χ4n) is 6.31. The maximum absolute atomic E-state index is 17.1. The molecule has 9 rings (SSSR count). The number of nitrogens with one attached hydrogen (secondary N) is 3. The van der Waals surface area contributed by atoms with E-state index < -0.39 is 79.8 Å². The zero-order valence-electron chi connectivity index (χ0n) is 24.6. The summed E-state index contributed by atoms with van der Waals surface area (Å²) in [5.74, 6) is -16.8. The summed E-state index contributed by atoms with van der Waals surface area (Å²) in [7, 11) is 4.56. The summed E-state index contributed by atoms with van der Waals surface area (Å²) >= 11 is 1.89. The van der Waals surface area contributed by atoms with Gasteiger partial charge in [0.15, 0.2) is 34.9 Å². The molecule has 0 fully saturated rings. The van der Waals surface area contributed by atoms with Crippen LogP contribution in [0.4, 0.5) is 46.8 Å². The van der Waals surface area contributed by atoms with Gasteiger partial charge in [-0.25, -0.2) is 41.9 Å². The van der Waals surface area contributed by atoms with Gasteiger partial charge in [-0.05, 0) is 30.3 Å². The van der Waals surface area contributed by atoms with Gasteiger partial charge in [-0.15, -0.1) is 5.12 Å². The monoisotopic (exact) mass is 724 g/mol. The molecule has 8 nitrogen and oxygen atoms in total. The van der Waals surface area contributed by atoms with E-state index >= 15 is 22.0 Å². The van der Waals surface area contributed by atoms with E-state index in [1.807, 2.05) is 15.4 Å². The predicted molar refractivity (Wildman–Crippen MR) is 168 cm³/mol. The second-order valence-corrected chi connectivity index (χ2v) is 11.2. The van der Waals surface area contributed by atoms with E-state index in [1.54, 1.807) is 24.3 Å². The third-order valence-corrected chi connectivity index (χ3v) is 8.44. The molecule has 0 amide bonds. The van der Waals surface area contributed by atoms with Crippen LogP contribution in [0.25, 0.3) is 21.5 Å². The lowest BCUT2D eigenvalue weighted by Crippen LogP contribution is -2.41. The van der Waals surface area contributed by atoms with Crippen LogP contribution in [-0.4, -0.2) is 37.0 Å². The van der Waals surface area contributed by atoms with E-state index in [4.69, 9.17) is 0 Å². The van der Waals surface area contributed by atoms with Crippen LogP contribution in [0.1, 0.15) is 22.3 Å². The van der Waals surface area contributed by atoms with Crippen LogP contribution in [0.2, 0.25) is 0 Å². The normalized spacial score (nSPS) is 20.2. The number of anilines is 1. The molecule has 4 aromatic carbocycles. The van der Waals surface area contributed by atoms with Gasteiger partial charge in [-0.1, -0.05) is 40.9 Å². The summed E-state index contributed by atoms with van der Waals surface area (Å²) in [6, 6.07) is 12.5. The first-order valence-corrected chi connectivity index (χ1v) is 16.1. The molecule has 2 aromatic heterocycles. The molecule has 2 unspecified atom stereocenters. The molecule has 2 atom stereocenters. The van der Waals surface area contributed by atoms with Crippen molar-refractivity contribution in [1.82, 2.24) is 15.3 Å². The zero-order chi connectivity index (χ0) is 35.3. The molecule has 0 spiro atoms. The number of halogens is 9. The third kappa shape index (κ3) is 4.43. The molecule has 18 heteroatoms. The number of benzene rings is 4. The first-order chi connectivity index (χ1) is 24.0. The fourth-order valence-corrected chi connectivity index (χ4v) is 6.31. The van der Waals surface area contributed by atoms with Crippen molar-refractivity contribution < 1.29 is 35.2 Å². The number of H-pyrrole nitrogens is 2. The summed E-state index contributed by atoms with van der Waals surface area (Å²) in [5.41, 5.74) is -2.74. The Bertz CT molecular complexity index is 2640. The molecule has 3 aliphatic heterocycles. The van der Waals surface area contributed by atoms with Crippen molar-refractivity contribution in [2.75, 3.05) is 5.12 Å². The molecule has 0 aliphatic carbocycles. The molecule has 5 heterocycles. The maximum atomic E-state index is 17.1. The van der Waals surface area contributed by atoms with Crippen LogP contribution in [-0.2, 0) is 11.8 Å². The number of nitrogens with zero attached hydrogens (tertiary/aromatic N) is 5. The predicted octanol–water partition coefficient (Wildman–Crippen LogP) is 6.60. The van der Waals surface area contributed by atoms with Gasteiger partial charge in [0, 0.05) is 32.7 Å². The third-order valence-electron chi connectivity index (χ3n) is 8.44. The Morgan fingerprint density at radius 2 is 1.38 bits per heavy atom. The van der Waals surface area contributed by atoms with Gasteiger partial charge in [0.2, 0.25) is 0 Å². The van der Waals surface area contributed by atoms with Gasteiger partial charge in [0.05, 0.1) is 11.1 Å². The van der Waals surface area contributed by atoms with Gasteiger partial charge in [-0.2, -0.15) is 8.78 Å². The second-order valence-electron chi connectivity index (χ2n) is 11.2. The van der Waals surface area contributed by atoms with Crippen molar-refractivity contribution in [3.05, 3.63) is 129 Å². The van der Waals surface area contributed by atoms with Crippen molar-refractivity contribution in [3.8, 4) is 0 Å². The molecule has 0 saturated carbocycles. The van der Waals surface area contributed by atoms with E-state index in [9.17, 15) is 13.2 Å². The SMILES string of the molecule is Fc1cc2c3[nH]c(c2cc1F)N(F)C1(F)N=C(NC2(F)N=C(N=c4[nH]c(c5ccccc45)=N3)c3cccc(F)c32)c2c1ccc(F)c2F.[Al][Cl]. The highest BCUT2D eigenvalue weighted by atomic mass is 35.6. The largest absolute Gasteiger partial charge is 0.334 e. The molecule has 3 aliphatic rings. The molecule has 6 aromatic rings. The Morgan fingerprint density at radius 3 is 2.10 bits per heavy atom. The number of amidine groups is 2. The molecule has 248 valence electrons. The van der Waals surface area contributed by atoms with Gasteiger partial charge < -0.3 is 15.3 Å². The topological polar surface area (TPSA) is 96.3 Å². The minimum absolute atomic E-state index is 0.0583.